The van der Waals surface area contributed by atoms with Crippen LogP contribution < -0.4 is 5.32 Å². The number of nitrogens with zero attached hydrogens (tertiary/aromatic N) is 3. The average Bonchev–Trinajstić information content (AvgIpc) is 2.80. The van der Waals surface area contributed by atoms with Gasteiger partial charge in [-0.2, -0.15) is 0 Å². The summed E-state index contributed by atoms with van der Waals surface area (Å²) >= 11 is 0. The van der Waals surface area contributed by atoms with E-state index in [-0.39, 0.29) is 17.6 Å². The fourth-order valence-electron chi connectivity index (χ4n) is 3.98. The van der Waals surface area contributed by atoms with Gasteiger partial charge in [0.25, 0.3) is 0 Å². The van der Waals surface area contributed by atoms with E-state index in [1.807, 2.05) is 43.6 Å². The highest BCUT2D eigenvalue weighted by atomic mass is 19.1. The van der Waals surface area contributed by atoms with Gasteiger partial charge >= 0.3 is 0 Å². The van der Waals surface area contributed by atoms with Crippen molar-refractivity contribution in [3.8, 4) is 11.1 Å². The molecule has 1 N–H and O–H groups in total. The Hall–Kier alpha value is -3.12. The summed E-state index contributed by atoms with van der Waals surface area (Å²) in [6.07, 6.45) is 6.47. The number of halogens is 1. The van der Waals surface area contributed by atoms with E-state index in [0.717, 1.165) is 67.1 Å². The standard InChI is InChI=1S/C25H27FN4O/c1-2-24-27-14-18(15-28-24)16-30-12-4-6-21(17-30)25(31)29-23-7-3-5-20(13-23)19-8-10-22(26)11-9-19/h3,5,7-11,13-15,21H,2,4,6,12,16-17H2,1H3,(H,29,31)/t21-/m0/s1. The van der Waals surface area contributed by atoms with Gasteiger partial charge in [-0.3, -0.25) is 9.69 Å². The number of nitrogens with one attached hydrogen (secondary N) is 1. The number of piperidine rings is 1. The number of benzene rings is 2. The van der Waals surface area contributed by atoms with Gasteiger partial charge in [0.2, 0.25) is 5.91 Å². The number of hydrogen-bond donors (Lipinski definition) is 1. The van der Waals surface area contributed by atoms with Gasteiger partial charge in [-0.1, -0.05) is 31.2 Å². The third kappa shape index (κ3) is 5.52. The molecule has 2 aromatic carbocycles. The minimum atomic E-state index is -0.261. The van der Waals surface area contributed by atoms with Gasteiger partial charge in [-0.05, 0) is 54.8 Å². The number of rotatable bonds is 6. The quantitative estimate of drug-likeness (QED) is 0.631. The molecule has 6 heteroatoms. The van der Waals surface area contributed by atoms with E-state index >= 15 is 0 Å². The minimum absolute atomic E-state index is 0.0403. The lowest BCUT2D eigenvalue weighted by molar-refractivity contribution is -0.121. The van der Waals surface area contributed by atoms with Crippen molar-refractivity contribution in [1.29, 1.82) is 0 Å². The van der Waals surface area contributed by atoms with Gasteiger partial charge in [-0.15, -0.1) is 0 Å². The van der Waals surface area contributed by atoms with Crippen molar-refractivity contribution in [2.24, 2.45) is 5.92 Å². The van der Waals surface area contributed by atoms with Crippen molar-refractivity contribution in [1.82, 2.24) is 14.9 Å². The molecule has 0 unspecified atom stereocenters. The number of carbonyl (C=O) groups is 1. The highest BCUT2D eigenvalue weighted by Crippen LogP contribution is 2.25. The van der Waals surface area contributed by atoms with Gasteiger partial charge in [0.1, 0.15) is 11.6 Å². The first kappa shape index (κ1) is 21.1. The van der Waals surface area contributed by atoms with Crippen molar-refractivity contribution in [2.45, 2.75) is 32.7 Å². The van der Waals surface area contributed by atoms with Gasteiger partial charge < -0.3 is 5.32 Å². The number of aromatic nitrogens is 2. The van der Waals surface area contributed by atoms with Crippen LogP contribution in [0.4, 0.5) is 10.1 Å². The first-order valence-corrected chi connectivity index (χ1v) is 10.8. The van der Waals surface area contributed by atoms with Crippen LogP contribution in [0.5, 0.6) is 0 Å². The van der Waals surface area contributed by atoms with Crippen LogP contribution in [0.1, 0.15) is 31.2 Å². The van der Waals surface area contributed by atoms with E-state index in [2.05, 4.69) is 20.2 Å². The second kappa shape index (κ2) is 9.79. The third-order valence-corrected chi connectivity index (χ3v) is 5.67. The third-order valence-electron chi connectivity index (χ3n) is 5.67. The largest absolute Gasteiger partial charge is 0.326 e. The summed E-state index contributed by atoms with van der Waals surface area (Å²) in [5, 5.41) is 3.07. The number of likely N-dealkylation sites (tertiary alicyclic amines) is 1. The Morgan fingerprint density at radius 1 is 1.13 bits per heavy atom. The summed E-state index contributed by atoms with van der Waals surface area (Å²) in [5.41, 5.74) is 3.69. The van der Waals surface area contributed by atoms with Crippen LogP contribution in [0.15, 0.2) is 60.9 Å². The van der Waals surface area contributed by atoms with Crippen molar-refractivity contribution in [2.75, 3.05) is 18.4 Å². The number of hydrogen-bond acceptors (Lipinski definition) is 4. The van der Waals surface area contributed by atoms with E-state index in [1.165, 1.54) is 12.1 Å². The van der Waals surface area contributed by atoms with E-state index in [0.29, 0.717) is 0 Å². The summed E-state index contributed by atoms with van der Waals surface area (Å²) in [6.45, 7) is 4.49. The number of carbonyl (C=O) groups excluding carboxylic acids is 1. The molecule has 0 aliphatic carbocycles. The van der Waals surface area contributed by atoms with Crippen molar-refractivity contribution >= 4 is 11.6 Å². The zero-order valence-electron chi connectivity index (χ0n) is 17.7. The molecule has 160 valence electrons. The predicted molar refractivity (Wildman–Crippen MR) is 120 cm³/mol. The lowest BCUT2D eigenvalue weighted by Crippen LogP contribution is -2.40. The first-order chi connectivity index (χ1) is 15.1. The smallest absolute Gasteiger partial charge is 0.228 e. The molecule has 1 aliphatic heterocycles. The number of amides is 1. The number of anilines is 1. The Balaban J connectivity index is 1.37. The van der Waals surface area contributed by atoms with Crippen molar-refractivity contribution in [3.05, 3.63) is 78.1 Å². The van der Waals surface area contributed by atoms with E-state index in [4.69, 9.17) is 0 Å². The molecule has 1 amide bonds. The van der Waals surface area contributed by atoms with Crippen LogP contribution >= 0.6 is 0 Å². The molecule has 1 aromatic heterocycles. The molecule has 31 heavy (non-hydrogen) atoms. The Bertz CT molecular complexity index is 1020. The molecular formula is C25H27FN4O. The van der Waals surface area contributed by atoms with Crippen LogP contribution in [-0.2, 0) is 17.8 Å². The SMILES string of the molecule is CCc1ncc(CN2CCC[C@H](C(=O)Nc3cccc(-c4ccc(F)cc4)c3)C2)cn1. The highest BCUT2D eigenvalue weighted by Gasteiger charge is 2.26. The monoisotopic (exact) mass is 418 g/mol. The maximum atomic E-state index is 13.2. The van der Waals surface area contributed by atoms with Crippen molar-refractivity contribution in [3.63, 3.8) is 0 Å². The molecule has 4 rings (SSSR count). The summed E-state index contributed by atoms with van der Waals surface area (Å²) in [4.78, 5) is 24.0. The molecule has 0 radical (unpaired) electrons. The molecule has 1 aliphatic rings. The van der Waals surface area contributed by atoms with Gasteiger partial charge in [0.05, 0.1) is 5.92 Å². The van der Waals surface area contributed by atoms with Gasteiger partial charge in [-0.25, -0.2) is 14.4 Å². The topological polar surface area (TPSA) is 58.1 Å². The second-order valence-electron chi connectivity index (χ2n) is 8.01. The molecule has 3 aromatic rings. The Labute approximate surface area is 182 Å². The molecule has 5 nitrogen and oxygen atoms in total. The molecular weight excluding hydrogens is 391 g/mol. The van der Waals surface area contributed by atoms with Gasteiger partial charge in [0.15, 0.2) is 0 Å². The predicted octanol–water partition coefficient (Wildman–Crippen LogP) is 4.70. The fraction of sp³-hybridized carbons (Fsp3) is 0.320. The summed E-state index contributed by atoms with van der Waals surface area (Å²) < 4.78 is 13.2. The van der Waals surface area contributed by atoms with E-state index in [9.17, 15) is 9.18 Å². The molecule has 1 saturated heterocycles. The Morgan fingerprint density at radius 3 is 2.65 bits per heavy atom. The maximum absolute atomic E-state index is 13.2. The zero-order chi connectivity index (χ0) is 21.6. The zero-order valence-corrected chi connectivity index (χ0v) is 17.7. The van der Waals surface area contributed by atoms with Gasteiger partial charge in [0, 0.05) is 43.2 Å². The van der Waals surface area contributed by atoms with Crippen LogP contribution in [0.2, 0.25) is 0 Å². The average molecular weight is 419 g/mol. The summed E-state index contributed by atoms with van der Waals surface area (Å²) in [6, 6.07) is 14.0. The van der Waals surface area contributed by atoms with Crippen molar-refractivity contribution < 1.29 is 9.18 Å². The second-order valence-corrected chi connectivity index (χ2v) is 8.01. The molecule has 1 fully saturated rings. The fourth-order valence-corrected chi connectivity index (χ4v) is 3.98. The van der Waals surface area contributed by atoms with Crippen LogP contribution in [0, 0.1) is 11.7 Å². The molecule has 0 saturated carbocycles. The minimum Gasteiger partial charge on any atom is -0.326 e. The lowest BCUT2D eigenvalue weighted by atomic mass is 9.96. The van der Waals surface area contributed by atoms with Crippen LogP contribution in [0.25, 0.3) is 11.1 Å². The molecule has 2 heterocycles. The molecule has 0 spiro atoms. The Morgan fingerprint density at radius 2 is 1.90 bits per heavy atom. The lowest BCUT2D eigenvalue weighted by Gasteiger charge is -2.31. The van der Waals surface area contributed by atoms with E-state index in [1.54, 1.807) is 12.1 Å². The molecule has 0 bridgehead atoms. The molecule has 1 atom stereocenters. The number of aryl methyl sites for hydroxylation is 1. The highest BCUT2D eigenvalue weighted by molar-refractivity contribution is 5.93. The maximum Gasteiger partial charge on any atom is 0.228 e. The first-order valence-electron chi connectivity index (χ1n) is 10.8. The Kier molecular flexibility index (Phi) is 6.67. The summed E-state index contributed by atoms with van der Waals surface area (Å²) in [5.74, 6) is 0.572. The normalized spacial score (nSPS) is 16.8. The summed E-state index contributed by atoms with van der Waals surface area (Å²) in [7, 11) is 0. The van der Waals surface area contributed by atoms with Crippen LogP contribution in [0.3, 0.4) is 0 Å². The van der Waals surface area contributed by atoms with Crippen LogP contribution in [-0.4, -0.2) is 33.9 Å². The van der Waals surface area contributed by atoms with E-state index < -0.39 is 0 Å².